The number of hydrazone groups is 1. The Hall–Kier alpha value is -2.80. The van der Waals surface area contributed by atoms with Crippen molar-refractivity contribution < 1.29 is 14.8 Å². The molecular weight excluding hydrogens is 334 g/mol. The molecule has 0 spiro atoms. The maximum absolute atomic E-state index is 11.0. The van der Waals surface area contributed by atoms with Gasteiger partial charge in [0.15, 0.2) is 5.75 Å². The third kappa shape index (κ3) is 4.60. The number of ether oxygens (including phenoxy) is 1. The Kier molecular flexibility index (Phi) is 5.97. The van der Waals surface area contributed by atoms with Crippen molar-refractivity contribution in [2.45, 2.75) is 13.5 Å². The number of phenols is 1. The fourth-order valence-electron chi connectivity index (χ4n) is 1.95. The minimum absolute atomic E-state index is 0.0471. The van der Waals surface area contributed by atoms with Crippen LogP contribution >= 0.6 is 11.6 Å². The quantitative estimate of drug-likeness (QED) is 0.453. The number of benzene rings is 2. The molecule has 0 amide bonds. The monoisotopic (exact) mass is 349 g/mol. The number of aromatic hydroxyl groups is 1. The minimum Gasteiger partial charge on any atom is -0.500 e. The average molecular weight is 350 g/mol. The lowest BCUT2D eigenvalue weighted by molar-refractivity contribution is -0.386. The fraction of sp³-hybridized carbons (Fsp3) is 0.188. The van der Waals surface area contributed by atoms with Crippen LogP contribution in [0.1, 0.15) is 18.1 Å². The van der Waals surface area contributed by atoms with Crippen LogP contribution in [0.3, 0.4) is 0 Å². The predicted octanol–water partition coefficient (Wildman–Crippen LogP) is 3.48. The van der Waals surface area contributed by atoms with Crippen LogP contribution in [0.2, 0.25) is 5.02 Å². The van der Waals surface area contributed by atoms with Gasteiger partial charge in [-0.05, 0) is 30.7 Å². The molecule has 0 aliphatic carbocycles. The van der Waals surface area contributed by atoms with E-state index in [1.807, 2.05) is 12.1 Å². The van der Waals surface area contributed by atoms with Gasteiger partial charge in [0, 0.05) is 16.7 Å². The number of hydrogen-bond acceptors (Lipinski definition) is 6. The summed E-state index contributed by atoms with van der Waals surface area (Å²) in [7, 11) is 0. The van der Waals surface area contributed by atoms with E-state index in [2.05, 4.69) is 10.5 Å². The largest absolute Gasteiger partial charge is 0.500 e. The van der Waals surface area contributed by atoms with Crippen LogP contribution in [0.25, 0.3) is 0 Å². The van der Waals surface area contributed by atoms with Gasteiger partial charge in [-0.25, -0.2) is 0 Å². The summed E-state index contributed by atoms with van der Waals surface area (Å²) >= 11 is 5.81. The second kappa shape index (κ2) is 8.16. The molecule has 0 unspecified atom stereocenters. The lowest BCUT2D eigenvalue weighted by Crippen LogP contribution is -2.05. The van der Waals surface area contributed by atoms with Crippen molar-refractivity contribution in [3.8, 4) is 11.5 Å². The molecule has 8 heteroatoms. The van der Waals surface area contributed by atoms with Crippen LogP contribution in [0, 0.1) is 10.1 Å². The number of hydrogen-bond donors (Lipinski definition) is 2. The first-order valence-corrected chi connectivity index (χ1v) is 7.53. The summed E-state index contributed by atoms with van der Waals surface area (Å²) in [6.45, 7) is 2.48. The first kappa shape index (κ1) is 17.6. The van der Waals surface area contributed by atoms with Gasteiger partial charge in [-0.3, -0.25) is 10.1 Å². The van der Waals surface area contributed by atoms with Crippen molar-refractivity contribution in [1.29, 1.82) is 0 Å². The van der Waals surface area contributed by atoms with E-state index in [9.17, 15) is 15.2 Å². The molecule has 2 aromatic rings. The van der Waals surface area contributed by atoms with Crippen molar-refractivity contribution in [3.63, 3.8) is 0 Å². The number of phenolic OH excluding ortho intramolecular Hbond substituents is 1. The average Bonchev–Trinajstić information content (AvgIpc) is 2.55. The van der Waals surface area contributed by atoms with E-state index < -0.39 is 16.4 Å². The Morgan fingerprint density at radius 2 is 2.08 bits per heavy atom. The van der Waals surface area contributed by atoms with E-state index in [4.69, 9.17) is 16.3 Å². The van der Waals surface area contributed by atoms with E-state index in [1.165, 1.54) is 18.3 Å². The zero-order valence-corrected chi connectivity index (χ0v) is 13.7. The molecule has 0 atom stereocenters. The minimum atomic E-state index is -0.670. The first-order chi connectivity index (χ1) is 11.5. The molecule has 0 saturated heterocycles. The van der Waals surface area contributed by atoms with Gasteiger partial charge in [-0.2, -0.15) is 5.10 Å². The number of nitrogens with one attached hydrogen (secondary N) is 1. The third-order valence-electron chi connectivity index (χ3n) is 3.08. The Bertz CT molecular complexity index is 748. The predicted molar refractivity (Wildman–Crippen MR) is 91.8 cm³/mol. The summed E-state index contributed by atoms with van der Waals surface area (Å²) in [5.41, 5.74) is 3.83. The molecule has 2 rings (SSSR count). The standard InChI is InChI=1S/C16H16ClN3O4/c1-2-24-15-8-12(7-14(16(15)21)20(22)23)10-19-18-9-11-3-5-13(17)6-4-11/h3-8,10,18,21H,2,9H2,1H3/b19-10-. The maximum Gasteiger partial charge on any atom is 0.315 e. The van der Waals surface area contributed by atoms with Crippen molar-refractivity contribution >= 4 is 23.5 Å². The second-order valence-corrected chi connectivity index (χ2v) is 5.23. The van der Waals surface area contributed by atoms with Crippen LogP contribution in [0.5, 0.6) is 11.5 Å². The van der Waals surface area contributed by atoms with E-state index in [0.717, 1.165) is 5.56 Å². The van der Waals surface area contributed by atoms with Crippen LogP contribution in [0.4, 0.5) is 5.69 Å². The smallest absolute Gasteiger partial charge is 0.315 e. The molecule has 0 aromatic heterocycles. The number of nitro benzene ring substituents is 1. The van der Waals surface area contributed by atoms with Crippen molar-refractivity contribution in [1.82, 2.24) is 5.43 Å². The summed E-state index contributed by atoms with van der Waals surface area (Å²) in [6, 6.07) is 10.00. The van der Waals surface area contributed by atoms with Gasteiger partial charge in [-0.15, -0.1) is 0 Å². The van der Waals surface area contributed by atoms with Gasteiger partial charge in [0.2, 0.25) is 5.75 Å². The normalized spacial score (nSPS) is 10.8. The Labute approximate surface area is 143 Å². The molecule has 2 aromatic carbocycles. The molecule has 0 radical (unpaired) electrons. The molecular formula is C16H16ClN3O4. The summed E-state index contributed by atoms with van der Waals surface area (Å²) in [5, 5.41) is 25.5. The molecule has 0 heterocycles. The highest BCUT2D eigenvalue weighted by Gasteiger charge is 2.19. The van der Waals surface area contributed by atoms with Crippen molar-refractivity contribution in [3.05, 3.63) is 62.7 Å². The molecule has 2 N–H and O–H groups in total. The third-order valence-corrected chi connectivity index (χ3v) is 3.33. The number of rotatable bonds is 7. The van der Waals surface area contributed by atoms with Gasteiger partial charge in [0.1, 0.15) is 0 Å². The number of nitrogens with zero attached hydrogens (tertiary/aromatic N) is 2. The molecule has 0 aliphatic heterocycles. The zero-order chi connectivity index (χ0) is 17.5. The molecule has 7 nitrogen and oxygen atoms in total. The van der Waals surface area contributed by atoms with Crippen molar-refractivity contribution in [2.24, 2.45) is 5.10 Å². The lowest BCUT2D eigenvalue weighted by Gasteiger charge is -2.07. The molecule has 0 aliphatic rings. The Morgan fingerprint density at radius 3 is 2.71 bits per heavy atom. The van der Waals surface area contributed by atoms with Crippen LogP contribution in [-0.2, 0) is 6.54 Å². The highest BCUT2D eigenvalue weighted by Crippen LogP contribution is 2.36. The second-order valence-electron chi connectivity index (χ2n) is 4.80. The topological polar surface area (TPSA) is 97.0 Å². The molecule has 0 bridgehead atoms. The summed E-state index contributed by atoms with van der Waals surface area (Å²) in [5.74, 6) is -0.445. The van der Waals surface area contributed by atoms with E-state index in [0.29, 0.717) is 17.1 Å². The summed E-state index contributed by atoms with van der Waals surface area (Å²) in [6.07, 6.45) is 1.42. The highest BCUT2D eigenvalue weighted by atomic mass is 35.5. The molecule has 126 valence electrons. The fourth-order valence-corrected chi connectivity index (χ4v) is 2.08. The Morgan fingerprint density at radius 1 is 1.38 bits per heavy atom. The Balaban J connectivity index is 2.10. The SMILES string of the molecule is CCOc1cc(/C=N\NCc2ccc(Cl)cc2)cc([N+](=O)[O-])c1O. The van der Waals surface area contributed by atoms with Crippen LogP contribution in [-0.4, -0.2) is 22.9 Å². The summed E-state index contributed by atoms with van der Waals surface area (Å²) in [4.78, 5) is 10.3. The maximum atomic E-state index is 11.0. The van der Waals surface area contributed by atoms with Crippen LogP contribution < -0.4 is 10.2 Å². The number of halogens is 1. The van der Waals surface area contributed by atoms with Crippen LogP contribution in [0.15, 0.2) is 41.5 Å². The van der Waals surface area contributed by atoms with Gasteiger partial charge in [0.25, 0.3) is 0 Å². The molecule has 0 saturated carbocycles. The molecule has 24 heavy (non-hydrogen) atoms. The number of nitro groups is 1. The first-order valence-electron chi connectivity index (χ1n) is 7.15. The van der Waals surface area contributed by atoms with Crippen molar-refractivity contribution in [2.75, 3.05) is 6.61 Å². The van der Waals surface area contributed by atoms with Gasteiger partial charge < -0.3 is 15.3 Å². The van der Waals surface area contributed by atoms with E-state index in [-0.39, 0.29) is 12.4 Å². The lowest BCUT2D eigenvalue weighted by atomic mass is 10.2. The van der Waals surface area contributed by atoms with E-state index >= 15 is 0 Å². The van der Waals surface area contributed by atoms with Gasteiger partial charge >= 0.3 is 5.69 Å². The summed E-state index contributed by atoms with van der Waals surface area (Å²) < 4.78 is 5.21. The molecule has 0 fully saturated rings. The van der Waals surface area contributed by atoms with Gasteiger partial charge in [-0.1, -0.05) is 23.7 Å². The highest BCUT2D eigenvalue weighted by molar-refractivity contribution is 6.30. The van der Waals surface area contributed by atoms with Gasteiger partial charge in [0.05, 0.1) is 24.3 Å². The van der Waals surface area contributed by atoms with E-state index in [1.54, 1.807) is 19.1 Å². The zero-order valence-electron chi connectivity index (χ0n) is 12.9.